The summed E-state index contributed by atoms with van der Waals surface area (Å²) in [7, 11) is 1.68. The van der Waals surface area contributed by atoms with E-state index in [1.54, 1.807) is 19.2 Å². The van der Waals surface area contributed by atoms with Gasteiger partial charge in [0, 0.05) is 25.3 Å². The second-order valence-electron chi connectivity index (χ2n) is 5.27. The van der Waals surface area contributed by atoms with Gasteiger partial charge in [-0.25, -0.2) is 0 Å². The zero-order valence-electron chi connectivity index (χ0n) is 12.0. The fraction of sp³-hybridized carbons (Fsp3) is 0.500. The van der Waals surface area contributed by atoms with Gasteiger partial charge in [-0.05, 0) is 43.9 Å². The zero-order chi connectivity index (χ0) is 14.5. The normalized spacial score (nSPS) is 15.4. The van der Waals surface area contributed by atoms with Crippen LogP contribution < -0.4 is 4.90 Å². The van der Waals surface area contributed by atoms with Crippen molar-refractivity contribution in [3.8, 4) is 6.07 Å². The van der Waals surface area contributed by atoms with Gasteiger partial charge >= 0.3 is 0 Å². The number of carbonyl (C=O) groups excluding carboxylic acids is 1. The minimum absolute atomic E-state index is 0.388. The van der Waals surface area contributed by atoms with Crippen LogP contribution in [0.5, 0.6) is 0 Å². The third kappa shape index (κ3) is 3.17. The van der Waals surface area contributed by atoms with Gasteiger partial charge in [-0.1, -0.05) is 0 Å². The molecule has 1 aromatic carbocycles. The van der Waals surface area contributed by atoms with Crippen molar-refractivity contribution in [3.63, 3.8) is 0 Å². The van der Waals surface area contributed by atoms with Crippen molar-refractivity contribution in [3.05, 3.63) is 29.3 Å². The number of nitrogens with zero attached hydrogens (tertiary/aromatic N) is 2. The molecule has 0 spiro atoms. The SMILES string of the molecule is COCCN(c1ccc(C=O)cc1C#N)C(C)C1CC1. The Morgan fingerprint density at radius 2 is 2.30 bits per heavy atom. The van der Waals surface area contributed by atoms with Crippen molar-refractivity contribution < 1.29 is 9.53 Å². The molecule has 4 heteroatoms. The quantitative estimate of drug-likeness (QED) is 0.716. The Morgan fingerprint density at radius 1 is 1.55 bits per heavy atom. The van der Waals surface area contributed by atoms with E-state index in [0.717, 1.165) is 18.5 Å². The van der Waals surface area contributed by atoms with Gasteiger partial charge in [0.05, 0.1) is 17.9 Å². The average molecular weight is 272 g/mol. The van der Waals surface area contributed by atoms with Crippen LogP contribution in [0.25, 0.3) is 0 Å². The Hall–Kier alpha value is -1.86. The molecule has 1 aliphatic carbocycles. The van der Waals surface area contributed by atoms with E-state index in [1.165, 1.54) is 12.8 Å². The van der Waals surface area contributed by atoms with Crippen molar-refractivity contribution >= 4 is 12.0 Å². The lowest BCUT2D eigenvalue weighted by Crippen LogP contribution is -2.37. The molecule has 1 saturated carbocycles. The van der Waals surface area contributed by atoms with Gasteiger partial charge in [-0.3, -0.25) is 4.79 Å². The number of ether oxygens (including phenoxy) is 1. The van der Waals surface area contributed by atoms with Crippen molar-refractivity contribution in [2.75, 3.05) is 25.2 Å². The molecule has 0 N–H and O–H groups in total. The first-order valence-corrected chi connectivity index (χ1v) is 6.96. The molecular formula is C16H20N2O2. The Bertz CT molecular complexity index is 518. The van der Waals surface area contributed by atoms with Crippen molar-refractivity contribution in [1.82, 2.24) is 0 Å². The van der Waals surface area contributed by atoms with Crippen LogP contribution in [0.15, 0.2) is 18.2 Å². The van der Waals surface area contributed by atoms with E-state index in [0.29, 0.717) is 29.7 Å². The summed E-state index contributed by atoms with van der Waals surface area (Å²) in [5.74, 6) is 0.698. The molecule has 0 radical (unpaired) electrons. The molecule has 0 aliphatic heterocycles. The maximum atomic E-state index is 10.8. The van der Waals surface area contributed by atoms with Gasteiger partial charge in [0.25, 0.3) is 0 Å². The van der Waals surface area contributed by atoms with E-state index in [4.69, 9.17) is 4.74 Å². The summed E-state index contributed by atoms with van der Waals surface area (Å²) >= 11 is 0. The number of carbonyl (C=O) groups is 1. The van der Waals surface area contributed by atoms with Crippen LogP contribution in [-0.4, -0.2) is 32.6 Å². The maximum Gasteiger partial charge on any atom is 0.150 e. The number of anilines is 1. The molecule has 106 valence electrons. The van der Waals surface area contributed by atoms with E-state index in [1.807, 2.05) is 6.07 Å². The third-order valence-corrected chi connectivity index (χ3v) is 3.92. The van der Waals surface area contributed by atoms with Gasteiger partial charge in [-0.15, -0.1) is 0 Å². The van der Waals surface area contributed by atoms with Gasteiger partial charge in [-0.2, -0.15) is 5.26 Å². The predicted molar refractivity (Wildman–Crippen MR) is 78.0 cm³/mol. The number of rotatable bonds is 7. The number of hydrogen-bond donors (Lipinski definition) is 0. The lowest BCUT2D eigenvalue weighted by Gasteiger charge is -2.32. The van der Waals surface area contributed by atoms with Crippen LogP contribution in [-0.2, 0) is 4.74 Å². The topological polar surface area (TPSA) is 53.3 Å². The number of benzene rings is 1. The van der Waals surface area contributed by atoms with E-state index in [9.17, 15) is 10.1 Å². The predicted octanol–water partition coefficient (Wildman–Crippen LogP) is 2.62. The summed E-state index contributed by atoms with van der Waals surface area (Å²) < 4.78 is 5.18. The first-order chi connectivity index (χ1) is 9.71. The van der Waals surface area contributed by atoms with Crippen LogP contribution in [0.2, 0.25) is 0 Å². The summed E-state index contributed by atoms with van der Waals surface area (Å²) in [6.07, 6.45) is 3.27. The highest BCUT2D eigenvalue weighted by atomic mass is 16.5. The highest BCUT2D eigenvalue weighted by Crippen LogP contribution is 2.37. The molecule has 0 saturated heterocycles. The standard InChI is InChI=1S/C16H20N2O2/c1-12(14-4-5-14)18(7-8-20-2)16-6-3-13(11-19)9-15(16)10-17/h3,6,9,11-12,14H,4-5,7-8H2,1-2H3. The summed E-state index contributed by atoms with van der Waals surface area (Å²) in [5.41, 5.74) is 1.99. The second kappa shape index (κ2) is 6.53. The zero-order valence-corrected chi connectivity index (χ0v) is 12.0. The maximum absolute atomic E-state index is 10.8. The molecule has 1 unspecified atom stereocenters. The van der Waals surface area contributed by atoms with Gasteiger partial charge in [0.2, 0.25) is 0 Å². The van der Waals surface area contributed by atoms with E-state index in [-0.39, 0.29) is 0 Å². The molecule has 0 amide bonds. The lowest BCUT2D eigenvalue weighted by molar-refractivity contribution is 0.112. The van der Waals surface area contributed by atoms with Gasteiger partial charge < -0.3 is 9.64 Å². The molecule has 1 aromatic rings. The number of methoxy groups -OCH3 is 1. The van der Waals surface area contributed by atoms with Crippen LogP contribution in [0.1, 0.15) is 35.7 Å². The molecule has 4 nitrogen and oxygen atoms in total. The summed E-state index contributed by atoms with van der Waals surface area (Å²) in [5, 5.41) is 9.32. The number of aldehydes is 1. The third-order valence-electron chi connectivity index (χ3n) is 3.92. The molecule has 20 heavy (non-hydrogen) atoms. The van der Waals surface area contributed by atoms with Crippen molar-refractivity contribution in [2.24, 2.45) is 5.92 Å². The Balaban J connectivity index is 2.31. The molecular weight excluding hydrogens is 252 g/mol. The fourth-order valence-electron chi connectivity index (χ4n) is 2.53. The van der Waals surface area contributed by atoms with Crippen LogP contribution in [0, 0.1) is 17.2 Å². The molecule has 2 rings (SSSR count). The van der Waals surface area contributed by atoms with E-state index < -0.39 is 0 Å². The molecule has 1 atom stereocenters. The molecule has 1 aliphatic rings. The largest absolute Gasteiger partial charge is 0.383 e. The van der Waals surface area contributed by atoms with Crippen molar-refractivity contribution in [1.29, 1.82) is 5.26 Å². The molecule has 0 heterocycles. The highest BCUT2D eigenvalue weighted by Gasteiger charge is 2.32. The average Bonchev–Trinajstić information content (AvgIpc) is 3.32. The summed E-state index contributed by atoms with van der Waals surface area (Å²) in [6.45, 7) is 3.57. The second-order valence-corrected chi connectivity index (χ2v) is 5.27. The van der Waals surface area contributed by atoms with Crippen LogP contribution in [0.3, 0.4) is 0 Å². The monoisotopic (exact) mass is 272 g/mol. The number of nitriles is 1. The lowest BCUT2D eigenvalue weighted by atomic mass is 10.1. The number of hydrogen-bond acceptors (Lipinski definition) is 4. The molecule has 0 bridgehead atoms. The molecule has 0 aromatic heterocycles. The van der Waals surface area contributed by atoms with E-state index >= 15 is 0 Å². The van der Waals surface area contributed by atoms with Gasteiger partial charge in [0.1, 0.15) is 12.4 Å². The Labute approximate surface area is 120 Å². The van der Waals surface area contributed by atoms with E-state index in [2.05, 4.69) is 17.9 Å². The Kier molecular flexibility index (Phi) is 4.75. The van der Waals surface area contributed by atoms with Crippen molar-refractivity contribution in [2.45, 2.75) is 25.8 Å². The highest BCUT2D eigenvalue weighted by molar-refractivity contribution is 5.78. The smallest absolute Gasteiger partial charge is 0.150 e. The Morgan fingerprint density at radius 3 is 2.85 bits per heavy atom. The minimum atomic E-state index is 0.388. The molecule has 1 fully saturated rings. The van der Waals surface area contributed by atoms with Crippen LogP contribution >= 0.6 is 0 Å². The first kappa shape index (κ1) is 14.5. The fourth-order valence-corrected chi connectivity index (χ4v) is 2.53. The minimum Gasteiger partial charge on any atom is -0.383 e. The van der Waals surface area contributed by atoms with Gasteiger partial charge in [0.15, 0.2) is 0 Å². The first-order valence-electron chi connectivity index (χ1n) is 6.96. The summed E-state index contributed by atoms with van der Waals surface area (Å²) in [4.78, 5) is 13.1. The van der Waals surface area contributed by atoms with Crippen LogP contribution in [0.4, 0.5) is 5.69 Å². The summed E-state index contributed by atoms with van der Waals surface area (Å²) in [6, 6.07) is 7.88.